The number of aliphatic hydroxyl groups is 1. The number of halogens is 1. The number of methoxy groups -OCH3 is 1. The Labute approximate surface area is 141 Å². The van der Waals surface area contributed by atoms with Gasteiger partial charge in [-0.2, -0.15) is 0 Å². The summed E-state index contributed by atoms with van der Waals surface area (Å²) in [5.41, 5.74) is 0.626. The van der Waals surface area contributed by atoms with E-state index in [0.717, 1.165) is 25.9 Å². The van der Waals surface area contributed by atoms with E-state index in [9.17, 15) is 9.50 Å². The second-order valence-corrected chi connectivity index (χ2v) is 6.41. The second-order valence-electron chi connectivity index (χ2n) is 6.41. The molecule has 130 valence electrons. The number of benzene rings is 1. The number of aliphatic hydroxyl groups excluding tert-OH is 1. The number of hydrogen-bond donors (Lipinski definition) is 1. The summed E-state index contributed by atoms with van der Waals surface area (Å²) >= 11 is 0. The summed E-state index contributed by atoms with van der Waals surface area (Å²) < 4.78 is 21.2. The molecule has 0 spiro atoms. The minimum absolute atomic E-state index is 0.105. The molecule has 1 aliphatic heterocycles. The zero-order valence-corrected chi connectivity index (χ0v) is 14.2. The van der Waals surface area contributed by atoms with E-state index in [0.29, 0.717) is 17.9 Å². The Kier molecular flexibility index (Phi) is 5.16. The number of rotatable bonds is 5. The Hall–Kier alpha value is -1.92. The summed E-state index contributed by atoms with van der Waals surface area (Å²) in [7, 11) is 3.36. The van der Waals surface area contributed by atoms with Crippen LogP contribution in [0.4, 0.5) is 4.39 Å². The Morgan fingerprint density at radius 1 is 1.46 bits per heavy atom. The quantitative estimate of drug-likeness (QED) is 0.913. The Balaban J connectivity index is 1.69. The molecule has 1 aliphatic rings. The highest BCUT2D eigenvalue weighted by molar-refractivity contribution is 5.31. The predicted octanol–water partition coefficient (Wildman–Crippen LogP) is 2.51. The highest BCUT2D eigenvalue weighted by Gasteiger charge is 2.29. The molecule has 1 N–H and O–H groups in total. The van der Waals surface area contributed by atoms with E-state index >= 15 is 0 Å². The predicted molar refractivity (Wildman–Crippen MR) is 89.1 cm³/mol. The summed E-state index contributed by atoms with van der Waals surface area (Å²) in [6, 6.07) is 5.22. The fourth-order valence-electron chi connectivity index (χ4n) is 3.44. The van der Waals surface area contributed by atoms with Gasteiger partial charge in [-0.1, -0.05) is 12.1 Å². The van der Waals surface area contributed by atoms with E-state index in [-0.39, 0.29) is 17.5 Å². The summed E-state index contributed by atoms with van der Waals surface area (Å²) in [5, 5.41) is 10.6. The van der Waals surface area contributed by atoms with E-state index in [4.69, 9.17) is 4.74 Å². The van der Waals surface area contributed by atoms with Crippen molar-refractivity contribution in [2.24, 2.45) is 13.0 Å². The van der Waals surface area contributed by atoms with Crippen molar-refractivity contribution in [2.45, 2.75) is 25.5 Å². The SMILES string of the molecule is COc1cccc(CN2CCC[C@@H]([C@H](O)c3nccn3C)C2)c1F. The van der Waals surface area contributed by atoms with Crippen LogP contribution in [0.15, 0.2) is 30.6 Å². The Bertz CT molecular complexity index is 689. The van der Waals surface area contributed by atoms with Crippen molar-refractivity contribution >= 4 is 0 Å². The van der Waals surface area contributed by atoms with Gasteiger partial charge in [0.05, 0.1) is 7.11 Å². The van der Waals surface area contributed by atoms with E-state index in [1.165, 1.54) is 7.11 Å². The molecule has 0 aliphatic carbocycles. The Morgan fingerprint density at radius 3 is 3.00 bits per heavy atom. The van der Waals surface area contributed by atoms with Crippen LogP contribution in [-0.2, 0) is 13.6 Å². The summed E-state index contributed by atoms with van der Waals surface area (Å²) in [4.78, 5) is 6.45. The first kappa shape index (κ1) is 16.9. The van der Waals surface area contributed by atoms with Gasteiger partial charge in [0.2, 0.25) is 0 Å². The van der Waals surface area contributed by atoms with Crippen molar-refractivity contribution in [3.05, 3.63) is 47.8 Å². The average Bonchev–Trinajstić information content (AvgIpc) is 3.02. The minimum Gasteiger partial charge on any atom is -0.494 e. The smallest absolute Gasteiger partial charge is 0.169 e. The lowest BCUT2D eigenvalue weighted by Gasteiger charge is -2.35. The molecule has 1 aromatic carbocycles. The fraction of sp³-hybridized carbons (Fsp3) is 0.500. The number of aryl methyl sites for hydroxylation is 1. The molecule has 24 heavy (non-hydrogen) atoms. The van der Waals surface area contributed by atoms with Gasteiger partial charge >= 0.3 is 0 Å². The van der Waals surface area contributed by atoms with Crippen LogP contribution in [-0.4, -0.2) is 39.8 Å². The molecule has 2 heterocycles. The number of likely N-dealkylation sites (tertiary alicyclic amines) is 1. The molecular weight excluding hydrogens is 309 g/mol. The maximum Gasteiger partial charge on any atom is 0.169 e. The van der Waals surface area contributed by atoms with E-state index < -0.39 is 6.10 Å². The molecule has 1 fully saturated rings. The van der Waals surface area contributed by atoms with E-state index in [1.807, 2.05) is 17.8 Å². The maximum absolute atomic E-state index is 14.3. The Morgan fingerprint density at radius 2 is 2.29 bits per heavy atom. The van der Waals surface area contributed by atoms with Gasteiger partial charge in [-0.25, -0.2) is 9.37 Å². The van der Waals surface area contributed by atoms with E-state index in [1.54, 1.807) is 24.4 Å². The fourth-order valence-corrected chi connectivity index (χ4v) is 3.44. The molecule has 0 saturated carbocycles. The summed E-state index contributed by atoms with van der Waals surface area (Å²) in [5.74, 6) is 0.767. The number of imidazole rings is 1. The lowest BCUT2D eigenvalue weighted by molar-refractivity contribution is 0.0401. The summed E-state index contributed by atoms with van der Waals surface area (Å²) in [6.45, 7) is 2.15. The molecule has 0 bridgehead atoms. The zero-order chi connectivity index (χ0) is 17.1. The van der Waals surface area contributed by atoms with Gasteiger partial charge < -0.3 is 14.4 Å². The molecule has 5 nitrogen and oxygen atoms in total. The highest BCUT2D eigenvalue weighted by Crippen LogP contribution is 2.30. The van der Waals surface area contributed by atoms with Crippen LogP contribution in [0.25, 0.3) is 0 Å². The van der Waals surface area contributed by atoms with Crippen LogP contribution in [0.2, 0.25) is 0 Å². The zero-order valence-electron chi connectivity index (χ0n) is 14.2. The van der Waals surface area contributed by atoms with Gasteiger partial charge in [-0.15, -0.1) is 0 Å². The molecule has 2 aromatic rings. The van der Waals surface area contributed by atoms with Crippen molar-refractivity contribution in [1.82, 2.24) is 14.5 Å². The van der Waals surface area contributed by atoms with Gasteiger partial charge in [0.15, 0.2) is 11.6 Å². The lowest BCUT2D eigenvalue weighted by Crippen LogP contribution is -2.38. The third kappa shape index (κ3) is 3.44. The number of hydrogen-bond acceptors (Lipinski definition) is 4. The number of piperidine rings is 1. The largest absolute Gasteiger partial charge is 0.494 e. The van der Waals surface area contributed by atoms with Crippen molar-refractivity contribution in [3.8, 4) is 5.75 Å². The monoisotopic (exact) mass is 333 g/mol. The van der Waals surface area contributed by atoms with Crippen LogP contribution < -0.4 is 4.74 Å². The second kappa shape index (κ2) is 7.32. The number of ether oxygens (including phenoxy) is 1. The van der Waals surface area contributed by atoms with Crippen LogP contribution in [0.5, 0.6) is 5.75 Å². The number of aromatic nitrogens is 2. The molecule has 0 amide bonds. The number of nitrogens with zero attached hydrogens (tertiary/aromatic N) is 3. The van der Waals surface area contributed by atoms with Crippen molar-refractivity contribution < 1.29 is 14.2 Å². The molecule has 2 atom stereocenters. The van der Waals surface area contributed by atoms with Crippen molar-refractivity contribution in [3.63, 3.8) is 0 Å². The molecule has 0 radical (unpaired) electrons. The van der Waals surface area contributed by atoms with E-state index in [2.05, 4.69) is 9.88 Å². The lowest BCUT2D eigenvalue weighted by atomic mass is 9.91. The van der Waals surface area contributed by atoms with Crippen molar-refractivity contribution in [1.29, 1.82) is 0 Å². The maximum atomic E-state index is 14.3. The molecule has 0 unspecified atom stereocenters. The standard InChI is InChI=1S/C18H24FN3O2/c1-21-10-8-20-18(21)17(23)14-6-4-9-22(12-14)11-13-5-3-7-15(24-2)16(13)19/h3,5,7-8,10,14,17,23H,4,6,9,11-12H2,1-2H3/t14-,17+/m1/s1. The third-order valence-corrected chi connectivity index (χ3v) is 4.77. The van der Waals surface area contributed by atoms with Crippen LogP contribution >= 0.6 is 0 Å². The van der Waals surface area contributed by atoms with Gasteiger partial charge in [0.1, 0.15) is 11.9 Å². The summed E-state index contributed by atoms with van der Waals surface area (Å²) in [6.07, 6.45) is 4.88. The molecule has 1 aromatic heterocycles. The first-order chi connectivity index (χ1) is 11.6. The highest BCUT2D eigenvalue weighted by atomic mass is 19.1. The first-order valence-corrected chi connectivity index (χ1v) is 8.29. The van der Waals surface area contributed by atoms with Gasteiger partial charge in [-0.3, -0.25) is 4.90 Å². The van der Waals surface area contributed by atoms with Crippen LogP contribution in [0, 0.1) is 11.7 Å². The molecule has 6 heteroatoms. The first-order valence-electron chi connectivity index (χ1n) is 8.29. The van der Waals surface area contributed by atoms with Gasteiger partial charge in [0.25, 0.3) is 0 Å². The van der Waals surface area contributed by atoms with Gasteiger partial charge in [0, 0.05) is 44.0 Å². The molecule has 3 rings (SSSR count). The topological polar surface area (TPSA) is 50.5 Å². The minimum atomic E-state index is -0.594. The van der Waals surface area contributed by atoms with Crippen molar-refractivity contribution in [2.75, 3.05) is 20.2 Å². The molecule has 1 saturated heterocycles. The van der Waals surface area contributed by atoms with Crippen LogP contribution in [0.3, 0.4) is 0 Å². The average molecular weight is 333 g/mol. The van der Waals surface area contributed by atoms with Crippen LogP contribution in [0.1, 0.15) is 30.3 Å². The van der Waals surface area contributed by atoms with Gasteiger partial charge in [-0.05, 0) is 25.5 Å². The molecular formula is C18H24FN3O2. The third-order valence-electron chi connectivity index (χ3n) is 4.77. The normalized spacial score (nSPS) is 20.1.